The van der Waals surface area contributed by atoms with Crippen molar-refractivity contribution in [3.8, 4) is 17.3 Å². The number of hydrogen-bond acceptors (Lipinski definition) is 26. The predicted molar refractivity (Wildman–Crippen MR) is 212 cm³/mol. The lowest BCUT2D eigenvalue weighted by Gasteiger charge is -2.25. The molecule has 0 spiro atoms. The van der Waals surface area contributed by atoms with E-state index in [9.17, 15) is 47.9 Å². The van der Waals surface area contributed by atoms with Gasteiger partial charge in [0, 0.05) is 52.1 Å². The average Bonchev–Trinajstić information content (AvgIpc) is 3.88. The maximum absolute atomic E-state index is 13.0. The second-order valence-corrected chi connectivity index (χ2v) is 12.9. The summed E-state index contributed by atoms with van der Waals surface area (Å²) in [6.45, 7) is -0.652. The van der Waals surface area contributed by atoms with E-state index in [4.69, 9.17) is 37.6 Å². The van der Waals surface area contributed by atoms with Crippen LogP contribution in [0.4, 0.5) is 5.69 Å². The van der Waals surface area contributed by atoms with Gasteiger partial charge in [0.2, 0.25) is 45.6 Å². The maximum Gasteiger partial charge on any atom is 0.378 e. The van der Waals surface area contributed by atoms with Gasteiger partial charge < -0.3 is 71.1 Å². The average molecular weight is 939 g/mol. The van der Waals surface area contributed by atoms with Crippen LogP contribution in [0.5, 0.6) is 5.75 Å². The molecule has 1 N–H and O–H groups in total. The summed E-state index contributed by atoms with van der Waals surface area (Å²) < 4.78 is 65.0. The molecule has 0 atom stereocenters. The molecule has 0 saturated carbocycles. The van der Waals surface area contributed by atoms with Crippen LogP contribution in [-0.4, -0.2) is 161 Å². The van der Waals surface area contributed by atoms with Crippen molar-refractivity contribution >= 4 is 76.3 Å². The highest BCUT2D eigenvalue weighted by molar-refractivity contribution is 5.93. The predicted octanol–water partition coefficient (Wildman–Crippen LogP) is 0.259. The van der Waals surface area contributed by atoms with Gasteiger partial charge in [0.05, 0.1) is 38.2 Å². The van der Waals surface area contributed by atoms with Crippen molar-refractivity contribution in [3.63, 3.8) is 0 Å². The number of nitrogens with one attached hydrogen (secondary N) is 1. The molecule has 0 bridgehead atoms. The van der Waals surface area contributed by atoms with E-state index in [1.165, 1.54) is 21.9 Å². The number of ether oxygens (including phenoxy) is 12. The Kier molecular flexibility index (Phi) is 21.8. The number of fused-ring (bicyclic) bond motifs is 1. The highest BCUT2D eigenvalue weighted by Gasteiger charge is 2.24. The molecule has 0 aliphatic carbocycles. The minimum absolute atomic E-state index is 0.0482. The zero-order valence-electron chi connectivity index (χ0n) is 36.2. The van der Waals surface area contributed by atoms with Gasteiger partial charge in [-0.25, -0.2) is 9.78 Å². The van der Waals surface area contributed by atoms with Gasteiger partial charge in [0.25, 0.3) is 0 Å². The van der Waals surface area contributed by atoms with E-state index in [2.05, 4.69) is 33.7 Å². The number of H-pyrrole nitrogens is 1. The first kappa shape index (κ1) is 52.5. The molecule has 360 valence electrons. The summed E-state index contributed by atoms with van der Waals surface area (Å²) in [5.41, 5.74) is 0.668. The van der Waals surface area contributed by atoms with Crippen LogP contribution in [0, 0.1) is 0 Å². The SMILES string of the molecule is CC(=O)OCOC(=O)CN(CCOCCOc1cc2cc(-c3ncc(C(=O)OCOC(C)=O)o3)[nH]c2cc1N(CC(=O)OCOC(C)=O)CC(=O)OCOC(C)=O)CC(=O)OCOC(C)=O. The summed E-state index contributed by atoms with van der Waals surface area (Å²) in [4.78, 5) is 128. The van der Waals surface area contributed by atoms with Crippen LogP contribution >= 0.6 is 0 Å². The number of oxazole rings is 1. The minimum Gasteiger partial charge on any atom is -0.489 e. The largest absolute Gasteiger partial charge is 0.489 e. The van der Waals surface area contributed by atoms with Gasteiger partial charge in [-0.05, 0) is 18.2 Å². The molecule has 1 aromatic carbocycles. The van der Waals surface area contributed by atoms with Crippen LogP contribution in [0.15, 0.2) is 28.8 Å². The first-order valence-electron chi connectivity index (χ1n) is 19.2. The fourth-order valence-corrected chi connectivity index (χ4v) is 4.88. The fourth-order valence-electron chi connectivity index (χ4n) is 4.88. The molecule has 0 aliphatic rings. The van der Waals surface area contributed by atoms with Crippen molar-refractivity contribution in [1.82, 2.24) is 14.9 Å². The van der Waals surface area contributed by atoms with Gasteiger partial charge in [-0.15, -0.1) is 0 Å². The molecule has 0 amide bonds. The smallest absolute Gasteiger partial charge is 0.378 e. The molecule has 0 aliphatic heterocycles. The molecule has 0 fully saturated rings. The second kappa shape index (κ2) is 27.4. The number of rotatable bonds is 28. The first-order chi connectivity index (χ1) is 31.4. The topological polar surface area (TPSA) is 330 Å². The van der Waals surface area contributed by atoms with Gasteiger partial charge in [-0.1, -0.05) is 0 Å². The van der Waals surface area contributed by atoms with Gasteiger partial charge in [0.15, 0.2) is 0 Å². The number of carbonyl (C=O) groups is 10. The van der Waals surface area contributed by atoms with Crippen LogP contribution < -0.4 is 9.64 Å². The second-order valence-electron chi connectivity index (χ2n) is 12.9. The van der Waals surface area contributed by atoms with Gasteiger partial charge in [0.1, 0.15) is 31.1 Å². The van der Waals surface area contributed by atoms with Gasteiger partial charge in [-0.3, -0.25) is 48.1 Å². The van der Waals surface area contributed by atoms with E-state index in [1.807, 2.05) is 0 Å². The lowest BCUT2D eigenvalue weighted by atomic mass is 10.2. The van der Waals surface area contributed by atoms with Crippen LogP contribution in [0.2, 0.25) is 0 Å². The zero-order valence-corrected chi connectivity index (χ0v) is 36.2. The Morgan fingerprint density at radius 1 is 0.561 bits per heavy atom. The summed E-state index contributed by atoms with van der Waals surface area (Å²) in [6, 6.07) is 4.55. The summed E-state index contributed by atoms with van der Waals surface area (Å²) in [7, 11) is 0. The Balaban J connectivity index is 1.86. The van der Waals surface area contributed by atoms with Gasteiger partial charge >= 0.3 is 59.7 Å². The maximum atomic E-state index is 13.0. The van der Waals surface area contributed by atoms with Crippen LogP contribution in [-0.2, 0) is 95.3 Å². The van der Waals surface area contributed by atoms with Crippen molar-refractivity contribution in [2.75, 3.05) is 91.4 Å². The Hall–Kier alpha value is -7.81. The monoisotopic (exact) mass is 938 g/mol. The van der Waals surface area contributed by atoms with Crippen LogP contribution in [0.3, 0.4) is 0 Å². The summed E-state index contributed by atoms with van der Waals surface area (Å²) in [5.74, 6) is -8.52. The summed E-state index contributed by atoms with van der Waals surface area (Å²) in [6.07, 6.45) is 1.08. The Morgan fingerprint density at radius 2 is 1.03 bits per heavy atom. The number of anilines is 1. The third kappa shape index (κ3) is 20.1. The number of esters is 10. The van der Waals surface area contributed by atoms with E-state index >= 15 is 0 Å². The third-order valence-corrected chi connectivity index (χ3v) is 7.74. The molecule has 66 heavy (non-hydrogen) atoms. The first-order valence-corrected chi connectivity index (χ1v) is 19.2. The molecule has 0 unspecified atom stereocenters. The Bertz CT molecular complexity index is 2130. The number of hydrogen-bond donors (Lipinski definition) is 1. The molecule has 2 aromatic heterocycles. The summed E-state index contributed by atoms with van der Waals surface area (Å²) >= 11 is 0. The highest BCUT2D eigenvalue weighted by Crippen LogP contribution is 2.36. The van der Waals surface area contributed by atoms with Crippen molar-refractivity contribution < 1.29 is 109 Å². The van der Waals surface area contributed by atoms with Crippen LogP contribution in [0.1, 0.15) is 45.2 Å². The molecule has 0 saturated heterocycles. The van der Waals surface area contributed by atoms with Gasteiger partial charge in [-0.2, -0.15) is 0 Å². The van der Waals surface area contributed by atoms with Crippen molar-refractivity contribution in [3.05, 3.63) is 30.2 Å². The molecule has 3 aromatic rings. The number of nitrogens with zero attached hydrogens (tertiary/aromatic N) is 3. The molecule has 0 radical (unpaired) electrons. The lowest BCUT2D eigenvalue weighted by Crippen LogP contribution is -2.38. The quantitative estimate of drug-likeness (QED) is 0.0441. The van der Waals surface area contributed by atoms with E-state index in [-0.39, 0.29) is 55.1 Å². The molecule has 27 nitrogen and oxygen atoms in total. The number of benzene rings is 1. The molecule has 2 heterocycles. The molecular formula is C39H46N4O23. The Labute approximate surface area is 373 Å². The Morgan fingerprint density at radius 3 is 1.52 bits per heavy atom. The number of carbonyl (C=O) groups excluding carboxylic acids is 10. The molecular weight excluding hydrogens is 892 g/mol. The lowest BCUT2D eigenvalue weighted by molar-refractivity contribution is -0.170. The molecule has 27 heteroatoms. The number of aromatic amines is 1. The van der Waals surface area contributed by atoms with Crippen molar-refractivity contribution in [2.24, 2.45) is 0 Å². The number of aromatic nitrogens is 2. The molecule has 3 rings (SSSR count). The van der Waals surface area contributed by atoms with E-state index in [1.54, 1.807) is 6.07 Å². The van der Waals surface area contributed by atoms with Crippen molar-refractivity contribution in [1.29, 1.82) is 0 Å². The fraction of sp³-hybridized carbons (Fsp3) is 0.462. The normalized spacial score (nSPS) is 10.6. The van der Waals surface area contributed by atoms with Crippen LogP contribution in [0.25, 0.3) is 22.5 Å². The van der Waals surface area contributed by atoms with E-state index in [0.717, 1.165) is 40.8 Å². The van der Waals surface area contributed by atoms with Crippen molar-refractivity contribution in [2.45, 2.75) is 34.6 Å². The highest BCUT2D eigenvalue weighted by atomic mass is 16.7. The zero-order chi connectivity index (χ0) is 48.6. The standard InChI is InChI=1S/C39H46N4O23/c1-23(44)56-18-61-34(49)14-42(15-35(50)62-19-57-24(2)45)6-7-54-8-9-55-32-11-28-10-30(38-40-13-33(66-38)39(53)65-22-60-27(5)48)41-29(28)12-31(32)43(16-36(51)63-20-58-25(3)46)17-37(52)64-21-59-26(4)47/h10-13,41H,6-9,14-22H2,1-5H3. The van der Waals surface area contributed by atoms with E-state index < -0.39 is 120 Å². The minimum atomic E-state index is -0.978. The summed E-state index contributed by atoms with van der Waals surface area (Å²) in [5, 5.41) is 0.452. The third-order valence-electron chi connectivity index (χ3n) is 7.74. The van der Waals surface area contributed by atoms with E-state index in [0.29, 0.717) is 10.9 Å².